The Morgan fingerprint density at radius 2 is 2.00 bits per heavy atom. The Hall–Kier alpha value is -2.69. The molecular weight excluding hydrogens is 290 g/mol. The summed E-state index contributed by atoms with van der Waals surface area (Å²) in [5.74, 6) is 0.784. The molecule has 0 bridgehead atoms. The molecule has 0 spiro atoms. The molecule has 5 nitrogen and oxygen atoms in total. The molecule has 23 heavy (non-hydrogen) atoms. The average Bonchev–Trinajstić information content (AvgIpc) is 2.62. The Balaban J connectivity index is 1.70. The fourth-order valence-electron chi connectivity index (χ4n) is 2.77. The highest BCUT2D eigenvalue weighted by atomic mass is 16.6. The van der Waals surface area contributed by atoms with Crippen molar-refractivity contribution in [2.75, 3.05) is 18.0 Å². The number of aromatic nitrogens is 1. The molecule has 5 heteroatoms. The van der Waals surface area contributed by atoms with Crippen LogP contribution in [0.4, 0.5) is 11.5 Å². The molecule has 0 aliphatic carbocycles. The van der Waals surface area contributed by atoms with Gasteiger partial charge in [0.1, 0.15) is 12.0 Å². The molecular formula is C18H19N3O2. The van der Waals surface area contributed by atoms with Gasteiger partial charge in [0, 0.05) is 19.2 Å². The van der Waals surface area contributed by atoms with Crippen molar-refractivity contribution >= 4 is 17.1 Å². The minimum atomic E-state index is -0.426. The van der Waals surface area contributed by atoms with E-state index in [1.807, 2.05) is 0 Å². The van der Waals surface area contributed by atoms with Crippen LogP contribution in [0.3, 0.4) is 0 Å². The number of benzene rings is 1. The molecule has 2 aromatic rings. The van der Waals surface area contributed by atoms with Crippen LogP contribution in [-0.4, -0.2) is 23.0 Å². The normalized spacial score (nSPS) is 14.5. The summed E-state index contributed by atoms with van der Waals surface area (Å²) in [5, 5.41) is 10.7. The van der Waals surface area contributed by atoms with Gasteiger partial charge in [-0.15, -0.1) is 0 Å². The van der Waals surface area contributed by atoms with Crippen LogP contribution in [0.2, 0.25) is 0 Å². The van der Waals surface area contributed by atoms with Crippen LogP contribution in [0, 0.1) is 10.1 Å². The van der Waals surface area contributed by atoms with Gasteiger partial charge < -0.3 is 4.90 Å². The van der Waals surface area contributed by atoms with Crippen LogP contribution < -0.4 is 4.90 Å². The third-order valence-corrected chi connectivity index (χ3v) is 4.21. The maximum Gasteiger partial charge on any atom is 0.287 e. The Kier molecular flexibility index (Phi) is 4.37. The first-order chi connectivity index (χ1) is 11.2. The van der Waals surface area contributed by atoms with Crippen molar-refractivity contribution in [3.05, 3.63) is 69.9 Å². The predicted octanol–water partition coefficient (Wildman–Crippen LogP) is 3.85. The van der Waals surface area contributed by atoms with Crippen molar-refractivity contribution in [2.45, 2.75) is 19.8 Å². The lowest BCUT2D eigenvalue weighted by molar-refractivity contribution is -0.385. The second-order valence-corrected chi connectivity index (χ2v) is 5.61. The minimum Gasteiger partial charge on any atom is -0.353 e. The smallest absolute Gasteiger partial charge is 0.287 e. The van der Waals surface area contributed by atoms with Gasteiger partial charge in [-0.1, -0.05) is 37.3 Å². The Labute approximate surface area is 135 Å². The first-order valence-corrected chi connectivity index (χ1v) is 7.81. The van der Waals surface area contributed by atoms with E-state index in [9.17, 15) is 10.1 Å². The fourth-order valence-corrected chi connectivity index (χ4v) is 2.77. The number of hydrogen-bond donors (Lipinski definition) is 0. The first-order valence-electron chi connectivity index (χ1n) is 7.81. The highest BCUT2D eigenvalue weighted by Gasteiger charge is 2.15. The van der Waals surface area contributed by atoms with Crippen LogP contribution in [0.25, 0.3) is 5.57 Å². The van der Waals surface area contributed by atoms with E-state index >= 15 is 0 Å². The summed E-state index contributed by atoms with van der Waals surface area (Å²) >= 11 is 0. The van der Waals surface area contributed by atoms with Crippen LogP contribution in [0.5, 0.6) is 0 Å². The molecule has 2 heterocycles. The molecule has 0 amide bonds. The Morgan fingerprint density at radius 1 is 1.22 bits per heavy atom. The second kappa shape index (κ2) is 6.60. The van der Waals surface area contributed by atoms with E-state index in [1.54, 1.807) is 6.07 Å². The molecule has 0 atom stereocenters. The molecule has 1 aromatic carbocycles. The van der Waals surface area contributed by atoms with Gasteiger partial charge in [-0.05, 0) is 35.6 Å². The van der Waals surface area contributed by atoms with Crippen molar-refractivity contribution < 1.29 is 4.92 Å². The summed E-state index contributed by atoms with van der Waals surface area (Å²) in [6.45, 7) is 3.80. The van der Waals surface area contributed by atoms with Gasteiger partial charge in [0.05, 0.1) is 4.92 Å². The number of hydrogen-bond acceptors (Lipinski definition) is 4. The highest BCUT2D eigenvalue weighted by molar-refractivity contribution is 5.68. The summed E-state index contributed by atoms with van der Waals surface area (Å²) in [4.78, 5) is 16.6. The summed E-state index contributed by atoms with van der Waals surface area (Å²) in [5.41, 5.74) is 4.00. The van der Waals surface area contributed by atoms with Crippen molar-refractivity contribution in [3.63, 3.8) is 0 Å². The lowest BCUT2D eigenvalue weighted by Gasteiger charge is -2.27. The van der Waals surface area contributed by atoms with Gasteiger partial charge in [0.25, 0.3) is 5.69 Å². The van der Waals surface area contributed by atoms with Gasteiger partial charge >= 0.3 is 0 Å². The van der Waals surface area contributed by atoms with Gasteiger partial charge in [0.15, 0.2) is 0 Å². The number of nitrogens with zero attached hydrogens (tertiary/aromatic N) is 3. The van der Waals surface area contributed by atoms with E-state index in [0.717, 1.165) is 31.7 Å². The first kappa shape index (κ1) is 15.2. The van der Waals surface area contributed by atoms with Crippen molar-refractivity contribution in [2.24, 2.45) is 0 Å². The van der Waals surface area contributed by atoms with Gasteiger partial charge in [-0.2, -0.15) is 0 Å². The summed E-state index contributed by atoms with van der Waals surface area (Å²) in [6, 6.07) is 12.0. The third kappa shape index (κ3) is 3.39. The largest absolute Gasteiger partial charge is 0.353 e. The van der Waals surface area contributed by atoms with Crippen LogP contribution >= 0.6 is 0 Å². The molecule has 118 valence electrons. The van der Waals surface area contributed by atoms with Crippen molar-refractivity contribution in [1.29, 1.82) is 0 Å². The van der Waals surface area contributed by atoms with E-state index in [2.05, 4.69) is 47.1 Å². The molecule has 0 fully saturated rings. The van der Waals surface area contributed by atoms with Crippen LogP contribution in [0.1, 0.15) is 24.5 Å². The maximum atomic E-state index is 10.7. The molecule has 1 aliphatic rings. The topological polar surface area (TPSA) is 59.3 Å². The Morgan fingerprint density at radius 3 is 2.52 bits per heavy atom. The van der Waals surface area contributed by atoms with Gasteiger partial charge in [-0.25, -0.2) is 4.98 Å². The summed E-state index contributed by atoms with van der Waals surface area (Å²) in [6.07, 6.45) is 5.54. The third-order valence-electron chi connectivity index (χ3n) is 4.21. The summed E-state index contributed by atoms with van der Waals surface area (Å²) < 4.78 is 0. The zero-order valence-corrected chi connectivity index (χ0v) is 13.1. The zero-order chi connectivity index (χ0) is 16.2. The molecule has 1 aromatic heterocycles. The van der Waals surface area contributed by atoms with Gasteiger partial charge in [-0.3, -0.25) is 10.1 Å². The standard InChI is InChI=1S/C18H19N3O2/c1-2-14-3-5-15(6-4-14)16-9-11-20(12-10-16)18-8-7-17(13-19-18)21(22)23/h3-9,13H,2,10-12H2,1H3. The number of anilines is 1. The SMILES string of the molecule is CCc1ccc(C2=CCN(c3ccc([N+](=O)[O-])cn3)CC2)cc1. The number of aryl methyl sites for hydroxylation is 1. The fraction of sp³-hybridized carbons (Fsp3) is 0.278. The lowest BCUT2D eigenvalue weighted by atomic mass is 9.98. The van der Waals surface area contributed by atoms with Gasteiger partial charge in [0.2, 0.25) is 0 Å². The van der Waals surface area contributed by atoms with Crippen molar-refractivity contribution in [1.82, 2.24) is 4.98 Å². The molecule has 3 rings (SSSR count). The number of nitro groups is 1. The molecule has 0 saturated carbocycles. The zero-order valence-electron chi connectivity index (χ0n) is 13.1. The Bertz CT molecular complexity index is 721. The number of rotatable bonds is 4. The predicted molar refractivity (Wildman–Crippen MR) is 91.5 cm³/mol. The van der Waals surface area contributed by atoms with E-state index in [-0.39, 0.29) is 5.69 Å². The van der Waals surface area contributed by atoms with E-state index in [1.165, 1.54) is 29.0 Å². The summed E-state index contributed by atoms with van der Waals surface area (Å²) in [7, 11) is 0. The van der Waals surface area contributed by atoms with E-state index in [0.29, 0.717) is 0 Å². The van der Waals surface area contributed by atoms with Crippen LogP contribution in [-0.2, 0) is 6.42 Å². The number of pyridine rings is 1. The maximum absolute atomic E-state index is 10.7. The molecule has 0 N–H and O–H groups in total. The molecule has 0 unspecified atom stereocenters. The average molecular weight is 309 g/mol. The van der Waals surface area contributed by atoms with E-state index in [4.69, 9.17) is 0 Å². The highest BCUT2D eigenvalue weighted by Crippen LogP contribution is 2.25. The molecule has 0 saturated heterocycles. The molecule has 0 radical (unpaired) electrons. The lowest BCUT2D eigenvalue weighted by Crippen LogP contribution is -2.28. The van der Waals surface area contributed by atoms with Crippen LogP contribution in [0.15, 0.2) is 48.7 Å². The quantitative estimate of drug-likeness (QED) is 0.636. The van der Waals surface area contributed by atoms with Crippen molar-refractivity contribution in [3.8, 4) is 0 Å². The monoisotopic (exact) mass is 309 g/mol. The second-order valence-electron chi connectivity index (χ2n) is 5.61. The van der Waals surface area contributed by atoms with E-state index < -0.39 is 4.92 Å². The minimum absolute atomic E-state index is 0.0259. The molecule has 1 aliphatic heterocycles.